The standard InChI is InChI=1S/C25H33N3O4S/c1-2-32-22-12-10-21(11-13-22)26-25(29)20-9-14-23(27-15-5-3-6-16-27)24(19-20)33(30,31)28-17-7-4-8-18-28/h9-14,19H,2-8,15-18H2,1H3,(H,26,29). The highest BCUT2D eigenvalue weighted by Crippen LogP contribution is 2.32. The van der Waals surface area contributed by atoms with Gasteiger partial charge in [0.2, 0.25) is 10.0 Å². The van der Waals surface area contributed by atoms with E-state index in [1.54, 1.807) is 46.8 Å². The van der Waals surface area contributed by atoms with Crippen LogP contribution in [0.25, 0.3) is 0 Å². The van der Waals surface area contributed by atoms with E-state index in [4.69, 9.17) is 4.74 Å². The van der Waals surface area contributed by atoms with E-state index in [9.17, 15) is 13.2 Å². The van der Waals surface area contributed by atoms with E-state index >= 15 is 0 Å². The summed E-state index contributed by atoms with van der Waals surface area (Å²) >= 11 is 0. The quantitative estimate of drug-likeness (QED) is 0.643. The van der Waals surface area contributed by atoms with Crippen LogP contribution in [0.4, 0.5) is 11.4 Å². The number of benzene rings is 2. The van der Waals surface area contributed by atoms with Crippen LogP contribution in [0.5, 0.6) is 5.75 Å². The van der Waals surface area contributed by atoms with Gasteiger partial charge in [-0.15, -0.1) is 0 Å². The molecule has 2 aromatic carbocycles. The number of nitrogens with one attached hydrogen (secondary N) is 1. The van der Waals surface area contributed by atoms with Crippen LogP contribution in [0.15, 0.2) is 47.4 Å². The number of carbonyl (C=O) groups is 1. The number of rotatable bonds is 7. The molecule has 0 aromatic heterocycles. The Hall–Kier alpha value is -2.58. The van der Waals surface area contributed by atoms with Crippen LogP contribution < -0.4 is 15.0 Å². The smallest absolute Gasteiger partial charge is 0.255 e. The molecule has 7 nitrogen and oxygen atoms in total. The van der Waals surface area contributed by atoms with Gasteiger partial charge in [0.1, 0.15) is 10.6 Å². The van der Waals surface area contributed by atoms with E-state index < -0.39 is 10.0 Å². The van der Waals surface area contributed by atoms with Crippen molar-refractivity contribution in [3.8, 4) is 5.75 Å². The summed E-state index contributed by atoms with van der Waals surface area (Å²) in [6, 6.07) is 12.2. The molecule has 2 fully saturated rings. The second-order valence-corrected chi connectivity index (χ2v) is 10.5. The average Bonchev–Trinajstić information content (AvgIpc) is 2.86. The lowest BCUT2D eigenvalue weighted by Gasteiger charge is -2.33. The maximum atomic E-state index is 13.6. The lowest BCUT2D eigenvalue weighted by Crippen LogP contribution is -2.37. The van der Waals surface area contributed by atoms with Crippen LogP contribution in [-0.2, 0) is 10.0 Å². The second kappa shape index (κ2) is 10.6. The third kappa shape index (κ3) is 5.50. The van der Waals surface area contributed by atoms with Gasteiger partial charge in [-0.25, -0.2) is 8.42 Å². The molecule has 2 aliphatic rings. The molecule has 2 aliphatic heterocycles. The van der Waals surface area contributed by atoms with Gasteiger partial charge in [-0.3, -0.25) is 4.79 Å². The SMILES string of the molecule is CCOc1ccc(NC(=O)c2ccc(N3CCCCC3)c(S(=O)(=O)N3CCCCC3)c2)cc1. The van der Waals surface area contributed by atoms with Crippen LogP contribution in [0.3, 0.4) is 0 Å². The van der Waals surface area contributed by atoms with Crippen molar-refractivity contribution in [3.63, 3.8) is 0 Å². The molecule has 4 rings (SSSR count). The van der Waals surface area contributed by atoms with Gasteiger partial charge in [-0.2, -0.15) is 4.31 Å². The second-order valence-electron chi connectivity index (χ2n) is 8.61. The van der Waals surface area contributed by atoms with Gasteiger partial charge < -0.3 is 15.0 Å². The Morgan fingerprint density at radius 2 is 1.55 bits per heavy atom. The maximum Gasteiger partial charge on any atom is 0.255 e. The minimum Gasteiger partial charge on any atom is -0.494 e. The number of anilines is 2. The zero-order chi connectivity index (χ0) is 23.3. The highest BCUT2D eigenvalue weighted by Gasteiger charge is 2.31. The number of sulfonamides is 1. The molecule has 178 valence electrons. The molecule has 2 heterocycles. The zero-order valence-electron chi connectivity index (χ0n) is 19.3. The van der Waals surface area contributed by atoms with Crippen LogP contribution in [0.2, 0.25) is 0 Å². The highest BCUT2D eigenvalue weighted by molar-refractivity contribution is 7.89. The van der Waals surface area contributed by atoms with Crippen molar-refractivity contribution in [2.75, 3.05) is 43.0 Å². The molecule has 33 heavy (non-hydrogen) atoms. The normalized spacial score (nSPS) is 17.5. The Bertz CT molecular complexity index is 1060. The first-order valence-corrected chi connectivity index (χ1v) is 13.4. The van der Waals surface area contributed by atoms with E-state index in [0.29, 0.717) is 36.6 Å². The van der Waals surface area contributed by atoms with Crippen molar-refractivity contribution >= 4 is 27.3 Å². The summed E-state index contributed by atoms with van der Waals surface area (Å²) in [4.78, 5) is 15.4. The Balaban J connectivity index is 1.63. The molecule has 0 bridgehead atoms. The van der Waals surface area contributed by atoms with Gasteiger partial charge in [-0.1, -0.05) is 6.42 Å². The maximum absolute atomic E-state index is 13.6. The number of piperidine rings is 2. The molecule has 0 radical (unpaired) electrons. The lowest BCUT2D eigenvalue weighted by molar-refractivity contribution is 0.102. The monoisotopic (exact) mass is 471 g/mol. The third-order valence-corrected chi connectivity index (χ3v) is 8.20. The lowest BCUT2D eigenvalue weighted by atomic mass is 10.1. The van der Waals surface area contributed by atoms with Gasteiger partial charge in [0.15, 0.2) is 0 Å². The van der Waals surface area contributed by atoms with Crippen molar-refractivity contribution in [2.24, 2.45) is 0 Å². The van der Waals surface area contributed by atoms with Crippen molar-refractivity contribution in [1.29, 1.82) is 0 Å². The minimum absolute atomic E-state index is 0.241. The molecule has 2 saturated heterocycles. The molecule has 0 spiro atoms. The number of hydrogen-bond acceptors (Lipinski definition) is 5. The van der Waals surface area contributed by atoms with Crippen LogP contribution >= 0.6 is 0 Å². The molecule has 0 saturated carbocycles. The predicted molar refractivity (Wildman–Crippen MR) is 131 cm³/mol. The number of ether oxygens (including phenoxy) is 1. The molecular weight excluding hydrogens is 438 g/mol. The molecular formula is C25H33N3O4S. The van der Waals surface area contributed by atoms with Gasteiger partial charge in [-0.05, 0) is 81.5 Å². The first-order chi connectivity index (χ1) is 16.0. The van der Waals surface area contributed by atoms with Crippen molar-refractivity contribution < 1.29 is 17.9 Å². The summed E-state index contributed by atoms with van der Waals surface area (Å²) in [5.74, 6) is 0.399. The Labute approximate surface area is 196 Å². The summed E-state index contributed by atoms with van der Waals surface area (Å²) in [5, 5.41) is 2.87. The molecule has 0 atom stereocenters. The van der Waals surface area contributed by atoms with Crippen molar-refractivity contribution in [2.45, 2.75) is 50.3 Å². The summed E-state index contributed by atoms with van der Waals surface area (Å²) in [7, 11) is -3.69. The van der Waals surface area contributed by atoms with Crippen molar-refractivity contribution in [1.82, 2.24) is 4.31 Å². The van der Waals surface area contributed by atoms with E-state index in [2.05, 4.69) is 10.2 Å². The number of hydrogen-bond donors (Lipinski definition) is 1. The molecule has 8 heteroatoms. The fourth-order valence-electron chi connectivity index (χ4n) is 4.51. The van der Waals surface area contributed by atoms with Gasteiger partial charge in [0, 0.05) is 37.4 Å². The predicted octanol–water partition coefficient (Wildman–Crippen LogP) is 4.50. The fourth-order valence-corrected chi connectivity index (χ4v) is 6.26. The summed E-state index contributed by atoms with van der Waals surface area (Å²) < 4.78 is 34.3. The van der Waals surface area contributed by atoms with Gasteiger partial charge >= 0.3 is 0 Å². The number of carbonyl (C=O) groups excluding carboxylic acids is 1. The zero-order valence-corrected chi connectivity index (χ0v) is 20.1. The van der Waals surface area contributed by atoms with Crippen LogP contribution in [-0.4, -0.2) is 51.4 Å². The van der Waals surface area contributed by atoms with E-state index in [1.807, 2.05) is 6.92 Å². The van der Waals surface area contributed by atoms with E-state index in [0.717, 1.165) is 57.4 Å². The van der Waals surface area contributed by atoms with Gasteiger partial charge in [0.25, 0.3) is 5.91 Å². The fraction of sp³-hybridized carbons (Fsp3) is 0.480. The van der Waals surface area contributed by atoms with E-state index in [-0.39, 0.29) is 10.8 Å². The summed E-state index contributed by atoms with van der Waals surface area (Å²) in [6.07, 6.45) is 6.04. The first kappa shape index (κ1) is 23.6. The molecule has 1 N–H and O–H groups in total. The molecule has 0 unspecified atom stereocenters. The Morgan fingerprint density at radius 1 is 0.909 bits per heavy atom. The topological polar surface area (TPSA) is 79.0 Å². The largest absolute Gasteiger partial charge is 0.494 e. The number of nitrogens with zero attached hydrogens (tertiary/aromatic N) is 2. The average molecular weight is 472 g/mol. The van der Waals surface area contributed by atoms with E-state index in [1.165, 1.54) is 0 Å². The molecule has 2 aromatic rings. The molecule has 0 aliphatic carbocycles. The van der Waals surface area contributed by atoms with Crippen LogP contribution in [0, 0.1) is 0 Å². The van der Waals surface area contributed by atoms with Crippen molar-refractivity contribution in [3.05, 3.63) is 48.0 Å². The molecule has 1 amide bonds. The minimum atomic E-state index is -3.69. The first-order valence-electron chi connectivity index (χ1n) is 11.9. The summed E-state index contributed by atoms with van der Waals surface area (Å²) in [6.45, 7) is 5.22. The van der Waals surface area contributed by atoms with Crippen LogP contribution in [0.1, 0.15) is 55.8 Å². The number of amides is 1. The third-order valence-electron chi connectivity index (χ3n) is 6.27. The highest BCUT2D eigenvalue weighted by atomic mass is 32.2. The summed E-state index contributed by atoms with van der Waals surface area (Å²) in [5.41, 5.74) is 1.67. The Kier molecular flexibility index (Phi) is 7.55. The van der Waals surface area contributed by atoms with Gasteiger partial charge in [0.05, 0.1) is 12.3 Å². The Morgan fingerprint density at radius 3 is 2.18 bits per heavy atom.